The Morgan fingerprint density at radius 3 is 2.61 bits per heavy atom. The molecular formula is C20H17BrN2O5. The lowest BCUT2D eigenvalue weighted by Gasteiger charge is -2.26. The minimum atomic E-state index is -0.811. The van der Waals surface area contributed by atoms with Crippen molar-refractivity contribution in [2.24, 2.45) is 0 Å². The molecule has 0 aromatic heterocycles. The van der Waals surface area contributed by atoms with Gasteiger partial charge in [0.15, 0.2) is 11.5 Å². The lowest BCUT2D eigenvalue weighted by Crippen LogP contribution is -2.54. The topological polar surface area (TPSA) is 95.9 Å². The Balaban J connectivity index is 2.01. The van der Waals surface area contributed by atoms with Crippen LogP contribution in [0.5, 0.6) is 11.5 Å². The average Bonchev–Trinajstić information content (AvgIpc) is 2.64. The SMILES string of the molecule is CCOc1cc(/C=C2\C(=O)NC(=O)N(c3ccc(Br)c(C)c3)C2=O)ccc1O. The van der Waals surface area contributed by atoms with Crippen molar-refractivity contribution in [3.05, 3.63) is 57.6 Å². The molecule has 0 saturated carbocycles. The summed E-state index contributed by atoms with van der Waals surface area (Å²) in [7, 11) is 0. The number of benzene rings is 2. The molecule has 1 fully saturated rings. The molecule has 2 aromatic carbocycles. The van der Waals surface area contributed by atoms with E-state index in [9.17, 15) is 19.5 Å². The number of nitrogens with zero attached hydrogens (tertiary/aromatic N) is 1. The highest BCUT2D eigenvalue weighted by molar-refractivity contribution is 9.10. The monoisotopic (exact) mass is 444 g/mol. The quantitative estimate of drug-likeness (QED) is 0.555. The third-order valence-corrected chi connectivity index (χ3v) is 4.99. The second kappa shape index (κ2) is 7.85. The molecular weight excluding hydrogens is 428 g/mol. The van der Waals surface area contributed by atoms with E-state index in [0.29, 0.717) is 17.9 Å². The number of ether oxygens (including phenoxy) is 1. The van der Waals surface area contributed by atoms with Crippen molar-refractivity contribution in [2.75, 3.05) is 11.5 Å². The summed E-state index contributed by atoms with van der Waals surface area (Å²) in [5.41, 5.74) is 1.46. The van der Waals surface area contributed by atoms with Gasteiger partial charge in [0.2, 0.25) is 0 Å². The molecule has 8 heteroatoms. The first kappa shape index (κ1) is 19.6. The number of aryl methyl sites for hydroxylation is 1. The molecule has 1 heterocycles. The predicted molar refractivity (Wildman–Crippen MR) is 107 cm³/mol. The number of imide groups is 2. The highest BCUT2D eigenvalue weighted by Crippen LogP contribution is 2.29. The average molecular weight is 445 g/mol. The Morgan fingerprint density at radius 2 is 1.93 bits per heavy atom. The fraction of sp³-hybridized carbons (Fsp3) is 0.150. The number of urea groups is 1. The van der Waals surface area contributed by atoms with Gasteiger partial charge in [-0.25, -0.2) is 9.69 Å². The number of barbiturate groups is 1. The number of phenols is 1. The summed E-state index contributed by atoms with van der Waals surface area (Å²) in [6, 6.07) is 8.64. The van der Waals surface area contributed by atoms with Crippen LogP contribution in [0.25, 0.3) is 6.08 Å². The number of carbonyl (C=O) groups is 3. The van der Waals surface area contributed by atoms with E-state index in [4.69, 9.17) is 4.74 Å². The summed E-state index contributed by atoms with van der Waals surface area (Å²) in [4.78, 5) is 38.4. The largest absolute Gasteiger partial charge is 0.504 e. The minimum absolute atomic E-state index is 0.0504. The van der Waals surface area contributed by atoms with Crippen molar-refractivity contribution < 1.29 is 24.2 Å². The van der Waals surface area contributed by atoms with Crippen LogP contribution in [0.15, 0.2) is 46.4 Å². The van der Waals surface area contributed by atoms with E-state index in [1.165, 1.54) is 24.3 Å². The summed E-state index contributed by atoms with van der Waals surface area (Å²) >= 11 is 3.37. The molecule has 1 aliphatic rings. The van der Waals surface area contributed by atoms with E-state index >= 15 is 0 Å². The van der Waals surface area contributed by atoms with E-state index in [0.717, 1.165) is 14.9 Å². The van der Waals surface area contributed by atoms with E-state index in [1.54, 1.807) is 25.1 Å². The number of nitrogens with one attached hydrogen (secondary N) is 1. The zero-order valence-corrected chi connectivity index (χ0v) is 16.7. The molecule has 0 aliphatic carbocycles. The van der Waals surface area contributed by atoms with E-state index in [-0.39, 0.29) is 17.1 Å². The molecule has 28 heavy (non-hydrogen) atoms. The van der Waals surface area contributed by atoms with Gasteiger partial charge >= 0.3 is 6.03 Å². The van der Waals surface area contributed by atoms with Crippen molar-refractivity contribution in [2.45, 2.75) is 13.8 Å². The van der Waals surface area contributed by atoms with Gasteiger partial charge in [0.25, 0.3) is 11.8 Å². The molecule has 3 rings (SSSR count). The Labute approximate surface area is 169 Å². The zero-order chi connectivity index (χ0) is 20.4. The molecule has 0 bridgehead atoms. The number of anilines is 1. The number of carbonyl (C=O) groups excluding carboxylic acids is 3. The Kier molecular flexibility index (Phi) is 5.51. The molecule has 144 valence electrons. The van der Waals surface area contributed by atoms with Crippen LogP contribution in [-0.2, 0) is 9.59 Å². The first-order valence-electron chi connectivity index (χ1n) is 8.45. The number of rotatable bonds is 4. The molecule has 2 N–H and O–H groups in total. The van der Waals surface area contributed by atoms with Gasteiger partial charge in [-0.2, -0.15) is 0 Å². The molecule has 1 aliphatic heterocycles. The third kappa shape index (κ3) is 3.77. The first-order chi connectivity index (χ1) is 13.3. The second-order valence-electron chi connectivity index (χ2n) is 6.05. The van der Waals surface area contributed by atoms with Crippen LogP contribution < -0.4 is 15.0 Å². The highest BCUT2D eigenvalue weighted by atomic mass is 79.9. The van der Waals surface area contributed by atoms with Crippen LogP contribution in [-0.4, -0.2) is 29.6 Å². The Morgan fingerprint density at radius 1 is 1.18 bits per heavy atom. The standard InChI is InChI=1S/C20H17BrN2O5/c1-3-28-17-10-12(4-7-16(17)24)9-14-18(25)22-20(27)23(19(14)26)13-5-6-15(21)11(2)8-13/h4-10,24H,3H2,1-2H3,(H,22,25,27)/b14-9+. The normalized spacial score (nSPS) is 15.8. The van der Waals surface area contributed by atoms with Crippen LogP contribution in [0, 0.1) is 6.92 Å². The summed E-state index contributed by atoms with van der Waals surface area (Å²) < 4.78 is 6.15. The maximum absolute atomic E-state index is 12.9. The molecule has 2 aromatic rings. The number of aromatic hydroxyl groups is 1. The van der Waals surface area contributed by atoms with Crippen LogP contribution in [0.3, 0.4) is 0 Å². The summed E-state index contributed by atoms with van der Waals surface area (Å²) in [5, 5.41) is 12.0. The second-order valence-corrected chi connectivity index (χ2v) is 6.91. The Bertz CT molecular complexity index is 1020. The third-order valence-electron chi connectivity index (χ3n) is 4.10. The van der Waals surface area contributed by atoms with Crippen molar-refractivity contribution in [1.29, 1.82) is 0 Å². The Hall–Kier alpha value is -3.13. The summed E-state index contributed by atoms with van der Waals surface area (Å²) in [6.07, 6.45) is 1.35. The van der Waals surface area contributed by atoms with Gasteiger partial charge in [0.05, 0.1) is 12.3 Å². The van der Waals surface area contributed by atoms with E-state index in [2.05, 4.69) is 21.2 Å². The van der Waals surface area contributed by atoms with E-state index in [1.807, 2.05) is 6.92 Å². The van der Waals surface area contributed by atoms with Gasteiger partial charge in [-0.3, -0.25) is 14.9 Å². The van der Waals surface area contributed by atoms with Crippen molar-refractivity contribution >= 4 is 45.5 Å². The van der Waals surface area contributed by atoms with Gasteiger partial charge in [-0.15, -0.1) is 0 Å². The molecule has 1 saturated heterocycles. The lowest BCUT2D eigenvalue weighted by atomic mass is 10.1. The van der Waals surface area contributed by atoms with Gasteiger partial charge in [0, 0.05) is 4.47 Å². The minimum Gasteiger partial charge on any atom is -0.504 e. The molecule has 0 radical (unpaired) electrons. The molecule has 7 nitrogen and oxygen atoms in total. The maximum atomic E-state index is 12.9. The summed E-state index contributed by atoms with van der Waals surface area (Å²) in [6.45, 7) is 3.94. The van der Waals surface area contributed by atoms with Gasteiger partial charge in [0.1, 0.15) is 5.57 Å². The number of amides is 4. The molecule has 0 unspecified atom stereocenters. The number of halogens is 1. The fourth-order valence-corrected chi connectivity index (χ4v) is 2.96. The van der Waals surface area contributed by atoms with Crippen LogP contribution in [0.1, 0.15) is 18.1 Å². The molecule has 0 atom stereocenters. The molecule has 0 spiro atoms. The van der Waals surface area contributed by atoms with Gasteiger partial charge in [-0.1, -0.05) is 22.0 Å². The summed E-state index contributed by atoms with van der Waals surface area (Å²) in [5.74, 6) is -1.34. The van der Waals surface area contributed by atoms with Crippen LogP contribution >= 0.6 is 15.9 Å². The van der Waals surface area contributed by atoms with Crippen molar-refractivity contribution in [3.8, 4) is 11.5 Å². The highest BCUT2D eigenvalue weighted by Gasteiger charge is 2.36. The first-order valence-corrected chi connectivity index (χ1v) is 9.24. The maximum Gasteiger partial charge on any atom is 0.335 e. The van der Waals surface area contributed by atoms with Gasteiger partial charge in [-0.05, 0) is 61.4 Å². The van der Waals surface area contributed by atoms with Gasteiger partial charge < -0.3 is 9.84 Å². The van der Waals surface area contributed by atoms with Crippen molar-refractivity contribution in [3.63, 3.8) is 0 Å². The number of hydrogen-bond acceptors (Lipinski definition) is 5. The number of hydrogen-bond donors (Lipinski definition) is 2. The lowest BCUT2D eigenvalue weighted by molar-refractivity contribution is -0.122. The number of phenolic OH excluding ortho intramolecular Hbond substituents is 1. The fourth-order valence-electron chi connectivity index (χ4n) is 2.72. The van der Waals surface area contributed by atoms with Crippen LogP contribution in [0.4, 0.5) is 10.5 Å². The zero-order valence-electron chi connectivity index (χ0n) is 15.2. The van der Waals surface area contributed by atoms with Crippen molar-refractivity contribution in [1.82, 2.24) is 5.32 Å². The van der Waals surface area contributed by atoms with Crippen LogP contribution in [0.2, 0.25) is 0 Å². The smallest absolute Gasteiger partial charge is 0.335 e. The molecule has 4 amide bonds. The predicted octanol–water partition coefficient (Wildman–Crippen LogP) is 3.53. The van der Waals surface area contributed by atoms with E-state index < -0.39 is 17.8 Å².